The fourth-order valence-electron chi connectivity index (χ4n) is 4.58. The SMILES string of the molecule is CCOc1ccc(CC2=CC([C@@H]3O[C@H](SC)[C@@H](OC(C)=O)[C@H](OC(C)=O)[C@H]3OC(C)=O)CC=C2I)cc1. The summed E-state index contributed by atoms with van der Waals surface area (Å²) in [6.07, 6.45) is 3.96. The van der Waals surface area contributed by atoms with Crippen LogP contribution in [0.2, 0.25) is 0 Å². The number of benzene rings is 1. The van der Waals surface area contributed by atoms with E-state index in [1.165, 1.54) is 32.5 Å². The zero-order chi connectivity index (χ0) is 27.1. The minimum Gasteiger partial charge on any atom is -0.494 e. The maximum atomic E-state index is 12.1. The molecule has 37 heavy (non-hydrogen) atoms. The van der Waals surface area contributed by atoms with E-state index in [1.54, 1.807) is 0 Å². The number of rotatable bonds is 9. The van der Waals surface area contributed by atoms with Crippen LogP contribution >= 0.6 is 34.4 Å². The monoisotopic (exact) mass is 644 g/mol. The van der Waals surface area contributed by atoms with E-state index >= 15 is 0 Å². The number of carbonyl (C=O) groups is 3. The molecule has 1 aromatic carbocycles. The lowest BCUT2D eigenvalue weighted by Crippen LogP contribution is -2.62. The summed E-state index contributed by atoms with van der Waals surface area (Å²) in [5.41, 5.74) is 1.64. The van der Waals surface area contributed by atoms with Crippen molar-refractivity contribution in [1.29, 1.82) is 0 Å². The Hall–Kier alpha value is -2.05. The molecule has 10 heteroatoms. The molecular formula is C27H33IO8S. The third kappa shape index (κ3) is 7.97. The molecule has 0 amide bonds. The summed E-state index contributed by atoms with van der Waals surface area (Å²) in [5.74, 6) is -0.984. The van der Waals surface area contributed by atoms with E-state index in [9.17, 15) is 14.4 Å². The standard InChI is InChI=1S/C27H33IO8S/c1-6-32-21-10-7-18(8-11-21)13-20-14-19(9-12-22(20)28)23-24(33-15(2)29)25(34-16(3)30)26(35-17(4)31)27(36-23)37-5/h7-8,10-12,14,19,23-27H,6,9,13H2,1-5H3/t19?,23-,24-,25+,26-,27+/m0/s1. The van der Waals surface area contributed by atoms with Crippen molar-refractivity contribution in [1.82, 2.24) is 0 Å². The predicted molar refractivity (Wildman–Crippen MR) is 148 cm³/mol. The second-order valence-corrected chi connectivity index (χ2v) is 10.9. The molecule has 1 saturated heterocycles. The van der Waals surface area contributed by atoms with Crippen molar-refractivity contribution in [2.75, 3.05) is 12.9 Å². The summed E-state index contributed by atoms with van der Waals surface area (Å²) in [6, 6.07) is 8.00. The van der Waals surface area contributed by atoms with E-state index in [2.05, 4.69) is 34.7 Å². The van der Waals surface area contributed by atoms with Gasteiger partial charge in [0.2, 0.25) is 0 Å². The molecule has 0 radical (unpaired) electrons. The second kappa shape index (κ2) is 13.7. The third-order valence-corrected chi connectivity index (χ3v) is 7.99. The molecular weight excluding hydrogens is 611 g/mol. The van der Waals surface area contributed by atoms with Gasteiger partial charge in [-0.3, -0.25) is 14.4 Å². The molecule has 1 aliphatic heterocycles. The van der Waals surface area contributed by atoms with Crippen LogP contribution in [0, 0.1) is 5.92 Å². The van der Waals surface area contributed by atoms with Gasteiger partial charge in [0.25, 0.3) is 0 Å². The zero-order valence-electron chi connectivity index (χ0n) is 21.6. The highest BCUT2D eigenvalue weighted by Crippen LogP contribution is 2.40. The van der Waals surface area contributed by atoms with Gasteiger partial charge >= 0.3 is 17.9 Å². The van der Waals surface area contributed by atoms with E-state index in [0.717, 1.165) is 20.5 Å². The Morgan fingerprint density at radius 2 is 1.57 bits per heavy atom. The smallest absolute Gasteiger partial charge is 0.303 e. The van der Waals surface area contributed by atoms with Gasteiger partial charge in [-0.1, -0.05) is 24.3 Å². The Morgan fingerprint density at radius 3 is 2.14 bits per heavy atom. The van der Waals surface area contributed by atoms with Gasteiger partial charge in [-0.15, -0.1) is 11.8 Å². The highest BCUT2D eigenvalue weighted by molar-refractivity contribution is 14.1. The van der Waals surface area contributed by atoms with Crippen molar-refractivity contribution in [3.05, 3.63) is 51.1 Å². The Labute approximate surface area is 235 Å². The van der Waals surface area contributed by atoms with Crippen LogP contribution in [0.3, 0.4) is 0 Å². The molecule has 1 heterocycles. The van der Waals surface area contributed by atoms with Crippen molar-refractivity contribution in [3.8, 4) is 5.75 Å². The molecule has 0 N–H and O–H groups in total. The molecule has 202 valence electrons. The lowest BCUT2D eigenvalue weighted by molar-refractivity contribution is -0.237. The fraction of sp³-hybridized carbons (Fsp3) is 0.519. The largest absolute Gasteiger partial charge is 0.494 e. The van der Waals surface area contributed by atoms with E-state index < -0.39 is 47.8 Å². The number of halogens is 1. The van der Waals surface area contributed by atoms with E-state index in [0.29, 0.717) is 19.4 Å². The van der Waals surface area contributed by atoms with Crippen molar-refractivity contribution in [3.63, 3.8) is 0 Å². The number of hydrogen-bond acceptors (Lipinski definition) is 9. The Morgan fingerprint density at radius 1 is 0.973 bits per heavy atom. The van der Waals surface area contributed by atoms with Gasteiger partial charge in [0.1, 0.15) is 17.3 Å². The molecule has 0 saturated carbocycles. The third-order valence-electron chi connectivity index (χ3n) is 6.01. The first kappa shape index (κ1) is 29.5. The van der Waals surface area contributed by atoms with Crippen LogP contribution < -0.4 is 4.74 Å². The minimum absolute atomic E-state index is 0.161. The molecule has 2 aliphatic rings. The molecule has 3 rings (SSSR count). The van der Waals surface area contributed by atoms with Crippen LogP contribution in [0.5, 0.6) is 5.75 Å². The number of carbonyl (C=O) groups excluding carboxylic acids is 3. The lowest BCUT2D eigenvalue weighted by Gasteiger charge is -2.46. The van der Waals surface area contributed by atoms with Gasteiger partial charge in [-0.25, -0.2) is 0 Å². The molecule has 1 aromatic rings. The summed E-state index contributed by atoms with van der Waals surface area (Å²) in [4.78, 5) is 36.0. The van der Waals surface area contributed by atoms with Crippen LogP contribution in [-0.4, -0.2) is 60.6 Å². The quantitative estimate of drug-likeness (QED) is 0.214. The van der Waals surface area contributed by atoms with Crippen LogP contribution in [0.4, 0.5) is 0 Å². The molecule has 0 bridgehead atoms. The number of thioether (sulfide) groups is 1. The maximum absolute atomic E-state index is 12.1. The van der Waals surface area contributed by atoms with Gasteiger partial charge in [0.05, 0.1) is 6.61 Å². The van der Waals surface area contributed by atoms with E-state index in [4.69, 9.17) is 23.7 Å². The molecule has 1 fully saturated rings. The predicted octanol–water partition coefficient (Wildman–Crippen LogP) is 4.78. The van der Waals surface area contributed by atoms with Gasteiger partial charge in [-0.05, 0) is 71.9 Å². The topological polar surface area (TPSA) is 97.4 Å². The highest BCUT2D eigenvalue weighted by Gasteiger charge is 2.53. The second-order valence-electron chi connectivity index (χ2n) is 8.82. The highest BCUT2D eigenvalue weighted by atomic mass is 127. The Bertz CT molecular complexity index is 1040. The summed E-state index contributed by atoms with van der Waals surface area (Å²) < 4.78 is 29.9. The first-order valence-corrected chi connectivity index (χ1v) is 14.5. The van der Waals surface area contributed by atoms with Gasteiger partial charge in [0, 0.05) is 30.3 Å². The number of hydrogen-bond donors (Lipinski definition) is 0. The fourth-order valence-corrected chi connectivity index (χ4v) is 5.92. The van der Waals surface area contributed by atoms with Gasteiger partial charge < -0.3 is 23.7 Å². The Kier molecular flexibility index (Phi) is 10.9. The van der Waals surface area contributed by atoms with Crippen molar-refractivity contribution in [2.45, 2.75) is 70.4 Å². The number of ether oxygens (including phenoxy) is 5. The molecule has 0 aromatic heterocycles. The number of esters is 3. The van der Waals surface area contributed by atoms with E-state index in [-0.39, 0.29) is 5.92 Å². The first-order chi connectivity index (χ1) is 17.6. The summed E-state index contributed by atoms with van der Waals surface area (Å²) in [6.45, 7) is 6.40. The van der Waals surface area contributed by atoms with Crippen LogP contribution in [0.25, 0.3) is 0 Å². The van der Waals surface area contributed by atoms with Crippen LogP contribution in [0.15, 0.2) is 45.6 Å². The van der Waals surface area contributed by atoms with Gasteiger partial charge in [-0.2, -0.15) is 0 Å². The molecule has 6 atom stereocenters. The summed E-state index contributed by atoms with van der Waals surface area (Å²) >= 11 is 3.67. The summed E-state index contributed by atoms with van der Waals surface area (Å²) in [7, 11) is 0. The van der Waals surface area contributed by atoms with Crippen LogP contribution in [0.1, 0.15) is 39.7 Å². The molecule has 1 unspecified atom stereocenters. The van der Waals surface area contributed by atoms with Crippen molar-refractivity contribution < 1.29 is 38.1 Å². The normalized spacial score (nSPS) is 27.4. The average molecular weight is 645 g/mol. The molecule has 8 nitrogen and oxygen atoms in total. The maximum Gasteiger partial charge on any atom is 0.303 e. The van der Waals surface area contributed by atoms with E-state index in [1.807, 2.05) is 37.4 Å². The Balaban J connectivity index is 1.93. The molecule has 0 spiro atoms. The van der Waals surface area contributed by atoms with Gasteiger partial charge in [0.15, 0.2) is 18.3 Å². The number of allylic oxidation sites excluding steroid dienone is 3. The van der Waals surface area contributed by atoms with Crippen molar-refractivity contribution in [2.24, 2.45) is 5.92 Å². The average Bonchev–Trinajstić information content (AvgIpc) is 2.83. The summed E-state index contributed by atoms with van der Waals surface area (Å²) in [5, 5.41) is 0. The zero-order valence-corrected chi connectivity index (χ0v) is 24.6. The molecule has 1 aliphatic carbocycles. The van der Waals surface area contributed by atoms with Crippen LogP contribution in [-0.2, 0) is 39.8 Å². The first-order valence-electron chi connectivity index (χ1n) is 12.1. The minimum atomic E-state index is -1.01. The lowest BCUT2D eigenvalue weighted by atomic mass is 9.83. The van der Waals surface area contributed by atoms with Crippen molar-refractivity contribution >= 4 is 52.3 Å².